The number of aryl methyl sites for hydroxylation is 1. The summed E-state index contributed by atoms with van der Waals surface area (Å²) in [4.78, 5) is 17.4. The van der Waals surface area contributed by atoms with E-state index in [1.165, 1.54) is 6.07 Å². The van der Waals surface area contributed by atoms with Crippen LogP contribution in [0.1, 0.15) is 18.4 Å². The van der Waals surface area contributed by atoms with E-state index in [0.29, 0.717) is 12.1 Å². The highest BCUT2D eigenvalue weighted by atomic mass is 35.6. The van der Waals surface area contributed by atoms with Gasteiger partial charge in [-0.05, 0) is 6.42 Å². The molecule has 1 N–H and O–H groups in total. The van der Waals surface area contributed by atoms with E-state index in [2.05, 4.69) is 9.97 Å². The van der Waals surface area contributed by atoms with Crippen molar-refractivity contribution in [2.75, 3.05) is 0 Å². The van der Waals surface area contributed by atoms with Crippen LogP contribution in [0.2, 0.25) is 0 Å². The maximum atomic E-state index is 11.0. The van der Waals surface area contributed by atoms with Crippen molar-refractivity contribution in [2.24, 2.45) is 0 Å². The van der Waals surface area contributed by atoms with Crippen molar-refractivity contribution in [2.45, 2.75) is 17.1 Å². The number of nitrogens with one attached hydrogen (secondary N) is 1. The summed E-state index contributed by atoms with van der Waals surface area (Å²) in [6.07, 6.45) is 0.623. The van der Waals surface area contributed by atoms with Gasteiger partial charge in [0.25, 0.3) is 5.56 Å². The Morgan fingerprint density at radius 1 is 1.54 bits per heavy atom. The fraction of sp³-hybridized carbons (Fsp3) is 0.429. The average molecular weight is 242 g/mol. The van der Waals surface area contributed by atoms with Gasteiger partial charge in [-0.25, -0.2) is 4.98 Å². The third-order valence-electron chi connectivity index (χ3n) is 1.43. The smallest absolute Gasteiger partial charge is 0.251 e. The molecule has 0 bridgehead atoms. The van der Waals surface area contributed by atoms with Crippen molar-refractivity contribution >= 4 is 34.8 Å². The van der Waals surface area contributed by atoms with Crippen molar-refractivity contribution < 1.29 is 0 Å². The van der Waals surface area contributed by atoms with E-state index in [1.807, 2.05) is 6.92 Å². The molecule has 0 amide bonds. The number of hydrogen-bond acceptors (Lipinski definition) is 2. The molecular weight excluding hydrogens is 234 g/mol. The maximum absolute atomic E-state index is 11.0. The quantitative estimate of drug-likeness (QED) is 0.766. The second kappa shape index (κ2) is 3.86. The summed E-state index contributed by atoms with van der Waals surface area (Å²) in [6, 6.07) is 1.37. The fourth-order valence-corrected chi connectivity index (χ4v) is 1.09. The largest absolute Gasteiger partial charge is 0.307 e. The standard InChI is InChI=1S/C7H7Cl3N2O/c1-2-4-3-5(13)12-6(11-4)7(8,9)10/h3H,2H2,1H3,(H,11,12,13). The summed E-state index contributed by atoms with van der Waals surface area (Å²) in [5, 5.41) is 0. The van der Waals surface area contributed by atoms with Crippen molar-refractivity contribution in [3.63, 3.8) is 0 Å². The van der Waals surface area contributed by atoms with Gasteiger partial charge in [0.15, 0.2) is 5.82 Å². The van der Waals surface area contributed by atoms with Crippen LogP contribution in [-0.4, -0.2) is 9.97 Å². The molecule has 0 fully saturated rings. The first-order valence-electron chi connectivity index (χ1n) is 3.61. The van der Waals surface area contributed by atoms with Crippen LogP contribution in [0.3, 0.4) is 0 Å². The van der Waals surface area contributed by atoms with E-state index in [1.54, 1.807) is 0 Å². The monoisotopic (exact) mass is 240 g/mol. The van der Waals surface area contributed by atoms with Crippen LogP contribution in [0.5, 0.6) is 0 Å². The predicted octanol–water partition coefficient (Wildman–Crippen LogP) is 2.16. The third kappa shape index (κ3) is 2.86. The van der Waals surface area contributed by atoms with E-state index in [9.17, 15) is 4.79 Å². The molecule has 0 aliphatic carbocycles. The second-order valence-electron chi connectivity index (χ2n) is 2.44. The zero-order chi connectivity index (χ0) is 10.1. The van der Waals surface area contributed by atoms with Crippen LogP contribution < -0.4 is 5.56 Å². The summed E-state index contributed by atoms with van der Waals surface area (Å²) in [5.74, 6) is 0.0573. The van der Waals surface area contributed by atoms with Gasteiger partial charge in [0.2, 0.25) is 3.79 Å². The molecule has 1 heterocycles. The molecule has 1 aromatic rings. The van der Waals surface area contributed by atoms with Gasteiger partial charge in [0, 0.05) is 11.8 Å². The predicted molar refractivity (Wildman–Crippen MR) is 53.5 cm³/mol. The van der Waals surface area contributed by atoms with E-state index in [4.69, 9.17) is 34.8 Å². The van der Waals surface area contributed by atoms with Gasteiger partial charge in [0.05, 0.1) is 0 Å². The Morgan fingerprint density at radius 3 is 2.62 bits per heavy atom. The molecule has 0 aliphatic heterocycles. The zero-order valence-corrected chi connectivity index (χ0v) is 9.04. The fourth-order valence-electron chi connectivity index (χ4n) is 0.823. The van der Waals surface area contributed by atoms with Crippen LogP contribution in [0.4, 0.5) is 0 Å². The maximum Gasteiger partial charge on any atom is 0.251 e. The number of hydrogen-bond donors (Lipinski definition) is 1. The molecule has 0 aliphatic rings. The van der Waals surface area contributed by atoms with Crippen molar-refractivity contribution in [3.8, 4) is 0 Å². The molecule has 13 heavy (non-hydrogen) atoms. The Hall–Kier alpha value is -0.250. The van der Waals surface area contributed by atoms with Crippen LogP contribution in [-0.2, 0) is 10.2 Å². The lowest BCUT2D eigenvalue weighted by atomic mass is 10.3. The third-order valence-corrected chi connectivity index (χ3v) is 1.96. The Bertz CT molecular complexity index is 355. The lowest BCUT2D eigenvalue weighted by molar-refractivity contribution is 0.886. The van der Waals surface area contributed by atoms with E-state index < -0.39 is 3.79 Å². The zero-order valence-electron chi connectivity index (χ0n) is 6.77. The first kappa shape index (κ1) is 10.8. The van der Waals surface area contributed by atoms with Gasteiger partial charge in [0.1, 0.15) is 0 Å². The molecule has 0 saturated heterocycles. The lowest BCUT2D eigenvalue weighted by Gasteiger charge is -2.09. The minimum absolute atomic E-state index is 0.0573. The number of aromatic amines is 1. The molecular formula is C7H7Cl3N2O. The first-order chi connectivity index (χ1) is 5.93. The van der Waals surface area contributed by atoms with Gasteiger partial charge in [-0.1, -0.05) is 41.7 Å². The van der Waals surface area contributed by atoms with E-state index in [0.717, 1.165) is 0 Å². The molecule has 0 aromatic carbocycles. The van der Waals surface area contributed by atoms with Gasteiger partial charge in [-0.2, -0.15) is 0 Å². The molecule has 1 rings (SSSR count). The van der Waals surface area contributed by atoms with Crippen molar-refractivity contribution in [3.05, 3.63) is 27.9 Å². The average Bonchev–Trinajstić information content (AvgIpc) is 2.01. The molecule has 6 heteroatoms. The molecule has 3 nitrogen and oxygen atoms in total. The van der Waals surface area contributed by atoms with E-state index >= 15 is 0 Å². The SMILES string of the molecule is CCc1cc(=O)[nH]c(C(Cl)(Cl)Cl)n1. The summed E-state index contributed by atoms with van der Waals surface area (Å²) in [6.45, 7) is 1.87. The number of rotatable bonds is 1. The normalized spacial score (nSPS) is 11.7. The minimum Gasteiger partial charge on any atom is -0.307 e. The molecule has 1 aromatic heterocycles. The Kier molecular flexibility index (Phi) is 3.22. The summed E-state index contributed by atoms with van der Waals surface area (Å²) < 4.78 is -1.68. The van der Waals surface area contributed by atoms with Crippen molar-refractivity contribution in [1.82, 2.24) is 9.97 Å². The lowest BCUT2D eigenvalue weighted by Crippen LogP contribution is -2.17. The summed E-state index contributed by atoms with van der Waals surface area (Å²) >= 11 is 16.7. The molecule has 0 spiro atoms. The Balaban J connectivity index is 3.24. The van der Waals surface area contributed by atoms with Crippen LogP contribution in [0.25, 0.3) is 0 Å². The van der Waals surface area contributed by atoms with Gasteiger partial charge >= 0.3 is 0 Å². The summed E-state index contributed by atoms with van der Waals surface area (Å²) in [5.41, 5.74) is 0.290. The number of halogens is 3. The van der Waals surface area contributed by atoms with Crippen LogP contribution in [0.15, 0.2) is 10.9 Å². The van der Waals surface area contributed by atoms with Gasteiger partial charge < -0.3 is 4.98 Å². The van der Waals surface area contributed by atoms with Gasteiger partial charge in [-0.15, -0.1) is 0 Å². The number of H-pyrrole nitrogens is 1. The highest BCUT2D eigenvalue weighted by Crippen LogP contribution is 2.35. The topological polar surface area (TPSA) is 45.8 Å². The summed E-state index contributed by atoms with van der Waals surface area (Å²) in [7, 11) is 0. The molecule has 0 radical (unpaired) electrons. The van der Waals surface area contributed by atoms with Crippen LogP contribution >= 0.6 is 34.8 Å². The minimum atomic E-state index is -1.68. The first-order valence-corrected chi connectivity index (χ1v) is 4.74. The Labute approximate surface area is 90.0 Å². The Morgan fingerprint density at radius 2 is 2.15 bits per heavy atom. The molecule has 0 saturated carbocycles. The second-order valence-corrected chi connectivity index (χ2v) is 4.72. The highest BCUT2D eigenvalue weighted by Gasteiger charge is 2.26. The van der Waals surface area contributed by atoms with Crippen molar-refractivity contribution in [1.29, 1.82) is 0 Å². The molecule has 0 atom stereocenters. The molecule has 72 valence electrons. The number of alkyl halides is 3. The van der Waals surface area contributed by atoms with Crippen LogP contribution in [0, 0.1) is 0 Å². The van der Waals surface area contributed by atoms with E-state index in [-0.39, 0.29) is 11.4 Å². The van der Waals surface area contributed by atoms with Gasteiger partial charge in [-0.3, -0.25) is 4.79 Å². The number of aromatic nitrogens is 2. The molecule has 0 unspecified atom stereocenters. The highest BCUT2D eigenvalue weighted by molar-refractivity contribution is 6.66. The number of nitrogens with zero attached hydrogens (tertiary/aromatic N) is 1.